The lowest BCUT2D eigenvalue weighted by molar-refractivity contribution is -0.387. The van der Waals surface area contributed by atoms with Crippen LogP contribution < -0.4 is 5.73 Å². The van der Waals surface area contributed by atoms with E-state index in [1.165, 1.54) is 12.1 Å². The fourth-order valence-electron chi connectivity index (χ4n) is 1.31. The van der Waals surface area contributed by atoms with Crippen molar-refractivity contribution >= 4 is 11.7 Å². The van der Waals surface area contributed by atoms with Crippen molar-refractivity contribution in [3.05, 3.63) is 39.7 Å². The number of carboxylic acid groups (broad SMARTS) is 1. The van der Waals surface area contributed by atoms with E-state index in [4.69, 9.17) is 10.8 Å². The number of carboxylic acids is 1. The summed E-state index contributed by atoms with van der Waals surface area (Å²) in [6, 6.07) is 3.37. The molecule has 3 N–H and O–H groups in total. The minimum absolute atomic E-state index is 0.274. The third kappa shape index (κ3) is 2.14. The molecule has 0 spiro atoms. The van der Waals surface area contributed by atoms with Crippen LogP contribution in [0.25, 0.3) is 0 Å². The number of nitrogens with zero attached hydrogens (tertiary/aromatic N) is 1. The van der Waals surface area contributed by atoms with Crippen LogP contribution in [0.2, 0.25) is 0 Å². The van der Waals surface area contributed by atoms with E-state index in [1.54, 1.807) is 0 Å². The Kier molecular flexibility index (Phi) is 3.51. The van der Waals surface area contributed by atoms with E-state index < -0.39 is 28.3 Å². The summed E-state index contributed by atoms with van der Waals surface area (Å²) in [7, 11) is 0. The molecule has 1 aromatic carbocycles. The lowest BCUT2D eigenvalue weighted by Crippen LogP contribution is -2.22. The molecule has 1 rings (SSSR count). The molecular weight excluding hydrogens is 219 g/mol. The number of hydrogen-bond acceptors (Lipinski definition) is 4. The molecule has 1 aromatic rings. The first kappa shape index (κ1) is 12.1. The summed E-state index contributed by atoms with van der Waals surface area (Å²) in [5, 5.41) is 19.2. The van der Waals surface area contributed by atoms with Crippen molar-refractivity contribution in [3.8, 4) is 0 Å². The van der Waals surface area contributed by atoms with Gasteiger partial charge in [0.2, 0.25) is 5.82 Å². The van der Waals surface area contributed by atoms with Gasteiger partial charge in [-0.05, 0) is 0 Å². The first-order chi connectivity index (χ1) is 7.49. The van der Waals surface area contributed by atoms with Crippen molar-refractivity contribution in [1.82, 2.24) is 0 Å². The van der Waals surface area contributed by atoms with E-state index in [0.29, 0.717) is 0 Å². The highest BCUT2D eigenvalue weighted by molar-refractivity contribution is 5.76. The number of halogens is 1. The zero-order valence-electron chi connectivity index (χ0n) is 8.09. The summed E-state index contributed by atoms with van der Waals surface area (Å²) >= 11 is 0. The normalized spacial score (nSPS) is 12.1. The molecule has 0 saturated carbocycles. The van der Waals surface area contributed by atoms with E-state index in [2.05, 4.69) is 0 Å². The molecule has 1 atom stereocenters. The third-order valence-corrected chi connectivity index (χ3v) is 2.11. The first-order valence-corrected chi connectivity index (χ1v) is 4.34. The highest BCUT2D eigenvalue weighted by Crippen LogP contribution is 2.25. The predicted octanol–water partition coefficient (Wildman–Crippen LogP) is 0.861. The SMILES string of the molecule is NCC(C(=O)O)c1cccc([N+](=O)[O-])c1F. The van der Waals surface area contributed by atoms with Crippen molar-refractivity contribution in [1.29, 1.82) is 0 Å². The van der Waals surface area contributed by atoms with Gasteiger partial charge in [-0.3, -0.25) is 14.9 Å². The van der Waals surface area contributed by atoms with Crippen LogP contribution in [0.5, 0.6) is 0 Å². The largest absolute Gasteiger partial charge is 0.481 e. The first-order valence-electron chi connectivity index (χ1n) is 4.34. The van der Waals surface area contributed by atoms with E-state index in [-0.39, 0.29) is 12.1 Å². The molecule has 0 aliphatic rings. The number of rotatable bonds is 4. The maximum Gasteiger partial charge on any atom is 0.312 e. The molecule has 6 nitrogen and oxygen atoms in total. The Hall–Kier alpha value is -2.02. The van der Waals surface area contributed by atoms with Gasteiger partial charge in [-0.15, -0.1) is 0 Å². The number of hydrogen-bond donors (Lipinski definition) is 2. The molecule has 0 fully saturated rings. The van der Waals surface area contributed by atoms with Crippen molar-refractivity contribution in [2.45, 2.75) is 5.92 Å². The maximum atomic E-state index is 13.6. The van der Waals surface area contributed by atoms with Crippen molar-refractivity contribution < 1.29 is 19.2 Å². The predicted molar refractivity (Wildman–Crippen MR) is 52.5 cm³/mol. The number of nitro benzene ring substituents is 1. The molecule has 1 unspecified atom stereocenters. The van der Waals surface area contributed by atoms with Crippen LogP contribution in [0.3, 0.4) is 0 Å². The van der Waals surface area contributed by atoms with Crippen molar-refractivity contribution in [2.75, 3.05) is 6.54 Å². The summed E-state index contributed by atoms with van der Waals surface area (Å²) in [5.74, 6) is -3.74. The van der Waals surface area contributed by atoms with Gasteiger partial charge < -0.3 is 10.8 Å². The highest BCUT2D eigenvalue weighted by atomic mass is 19.1. The molecule has 0 heterocycles. The summed E-state index contributed by atoms with van der Waals surface area (Å²) < 4.78 is 13.6. The van der Waals surface area contributed by atoms with Crippen LogP contribution in [0.15, 0.2) is 18.2 Å². The van der Waals surface area contributed by atoms with Crippen LogP contribution >= 0.6 is 0 Å². The van der Waals surface area contributed by atoms with Gasteiger partial charge in [-0.2, -0.15) is 4.39 Å². The molecular formula is C9H9FN2O4. The van der Waals surface area contributed by atoms with Gasteiger partial charge >= 0.3 is 11.7 Å². The van der Waals surface area contributed by atoms with Crippen LogP contribution in [0, 0.1) is 15.9 Å². The lowest BCUT2D eigenvalue weighted by atomic mass is 9.98. The number of benzene rings is 1. The summed E-state index contributed by atoms with van der Waals surface area (Å²) in [4.78, 5) is 20.3. The fraction of sp³-hybridized carbons (Fsp3) is 0.222. The standard InChI is InChI=1S/C9H9FN2O4/c10-8-5(6(4-11)9(13)14)2-1-3-7(8)12(15)16/h1-3,6H,4,11H2,(H,13,14). The van der Waals surface area contributed by atoms with Crippen LogP contribution in [0.1, 0.15) is 11.5 Å². The molecule has 0 radical (unpaired) electrons. The second-order valence-corrected chi connectivity index (χ2v) is 3.06. The average molecular weight is 228 g/mol. The van der Waals surface area contributed by atoms with Gasteiger partial charge in [0.1, 0.15) is 0 Å². The number of nitrogens with two attached hydrogens (primary N) is 1. The zero-order valence-corrected chi connectivity index (χ0v) is 8.09. The highest BCUT2D eigenvalue weighted by Gasteiger charge is 2.26. The van der Waals surface area contributed by atoms with Crippen LogP contribution in [-0.2, 0) is 4.79 Å². The van der Waals surface area contributed by atoms with Gasteiger partial charge in [-0.25, -0.2) is 0 Å². The molecule has 0 aliphatic heterocycles. The van der Waals surface area contributed by atoms with Gasteiger partial charge in [0.25, 0.3) is 0 Å². The molecule has 86 valence electrons. The quantitative estimate of drug-likeness (QED) is 0.587. The van der Waals surface area contributed by atoms with Crippen molar-refractivity contribution in [2.24, 2.45) is 5.73 Å². The molecule has 0 saturated heterocycles. The molecule has 0 bridgehead atoms. The molecule has 7 heteroatoms. The third-order valence-electron chi connectivity index (χ3n) is 2.11. The van der Waals surface area contributed by atoms with Gasteiger partial charge in [-0.1, -0.05) is 12.1 Å². The summed E-state index contributed by atoms with van der Waals surface area (Å²) in [6.45, 7) is -0.326. The Morgan fingerprint density at radius 2 is 2.25 bits per heavy atom. The van der Waals surface area contributed by atoms with E-state index in [1.807, 2.05) is 0 Å². The van der Waals surface area contributed by atoms with Crippen LogP contribution in [-0.4, -0.2) is 22.5 Å². The smallest absolute Gasteiger partial charge is 0.312 e. The van der Waals surface area contributed by atoms with Gasteiger partial charge in [0.15, 0.2) is 0 Å². The minimum atomic E-state index is -1.32. The Morgan fingerprint density at radius 3 is 2.69 bits per heavy atom. The summed E-state index contributed by atoms with van der Waals surface area (Å²) in [6.07, 6.45) is 0. The molecule has 0 amide bonds. The van der Waals surface area contributed by atoms with Crippen LogP contribution in [0.4, 0.5) is 10.1 Å². The second kappa shape index (κ2) is 4.67. The molecule has 0 aromatic heterocycles. The number of carbonyl (C=O) groups is 1. The van der Waals surface area contributed by atoms with Crippen molar-refractivity contribution in [3.63, 3.8) is 0 Å². The molecule has 16 heavy (non-hydrogen) atoms. The minimum Gasteiger partial charge on any atom is -0.481 e. The average Bonchev–Trinajstić information content (AvgIpc) is 2.20. The Balaban J connectivity index is 3.29. The Bertz CT molecular complexity index is 436. The number of aliphatic carboxylic acids is 1. The van der Waals surface area contributed by atoms with E-state index in [9.17, 15) is 19.3 Å². The maximum absolute atomic E-state index is 13.6. The van der Waals surface area contributed by atoms with Gasteiger partial charge in [0, 0.05) is 18.2 Å². The Labute approximate surface area is 89.6 Å². The number of nitro groups is 1. The van der Waals surface area contributed by atoms with E-state index >= 15 is 0 Å². The zero-order chi connectivity index (χ0) is 12.3. The lowest BCUT2D eigenvalue weighted by Gasteiger charge is -2.10. The second-order valence-electron chi connectivity index (χ2n) is 3.06. The summed E-state index contributed by atoms with van der Waals surface area (Å²) in [5.41, 5.74) is 4.16. The monoisotopic (exact) mass is 228 g/mol. The topological polar surface area (TPSA) is 106 Å². The Morgan fingerprint density at radius 1 is 1.62 bits per heavy atom. The van der Waals surface area contributed by atoms with Gasteiger partial charge in [0.05, 0.1) is 10.8 Å². The van der Waals surface area contributed by atoms with E-state index in [0.717, 1.165) is 6.07 Å². The molecule has 0 aliphatic carbocycles. The fourth-order valence-corrected chi connectivity index (χ4v) is 1.31.